The molecule has 0 saturated carbocycles. The second-order valence-corrected chi connectivity index (χ2v) is 5.67. The summed E-state index contributed by atoms with van der Waals surface area (Å²) in [5.41, 5.74) is -1.66. The summed E-state index contributed by atoms with van der Waals surface area (Å²) in [6.45, 7) is 0.00241. The van der Waals surface area contributed by atoms with Crippen molar-refractivity contribution in [3.63, 3.8) is 0 Å². The molecular formula is C16H11F4N3O3. The number of hydrogen-bond donors (Lipinski definition) is 0. The third-order valence-corrected chi connectivity index (χ3v) is 4.23. The number of carbonyl (C=O) groups is 1. The van der Waals surface area contributed by atoms with Crippen molar-refractivity contribution in [1.29, 1.82) is 0 Å². The van der Waals surface area contributed by atoms with Gasteiger partial charge < -0.3 is 9.69 Å². The van der Waals surface area contributed by atoms with Gasteiger partial charge in [0.2, 0.25) is 5.82 Å². The van der Waals surface area contributed by atoms with E-state index in [4.69, 9.17) is 0 Å². The molecule has 26 heavy (non-hydrogen) atoms. The number of fused-ring (bicyclic) bond motifs is 1. The van der Waals surface area contributed by atoms with Gasteiger partial charge in [0.15, 0.2) is 0 Å². The van der Waals surface area contributed by atoms with E-state index in [9.17, 15) is 32.5 Å². The maximum absolute atomic E-state index is 13.8. The molecule has 0 bridgehead atoms. The number of hydrogen-bond acceptors (Lipinski definition) is 5. The van der Waals surface area contributed by atoms with Crippen molar-refractivity contribution in [3.05, 3.63) is 63.2 Å². The number of aromatic nitrogens is 1. The van der Waals surface area contributed by atoms with Crippen LogP contribution >= 0.6 is 0 Å². The van der Waals surface area contributed by atoms with Crippen LogP contribution in [0.15, 0.2) is 30.6 Å². The third-order valence-electron chi connectivity index (χ3n) is 4.23. The van der Waals surface area contributed by atoms with Crippen LogP contribution in [0.5, 0.6) is 0 Å². The van der Waals surface area contributed by atoms with Crippen LogP contribution in [0.2, 0.25) is 0 Å². The Bertz CT molecular complexity index is 886. The topological polar surface area (TPSA) is 76.3 Å². The molecule has 3 rings (SSSR count). The Balaban J connectivity index is 2.13. The number of halogens is 4. The van der Waals surface area contributed by atoms with Gasteiger partial charge in [0, 0.05) is 18.8 Å². The molecule has 1 aliphatic rings. The van der Waals surface area contributed by atoms with Gasteiger partial charge >= 0.3 is 11.9 Å². The summed E-state index contributed by atoms with van der Waals surface area (Å²) < 4.78 is 53.6. The number of carbonyl (C=O) groups excluding carboxylic acids is 1. The van der Waals surface area contributed by atoms with E-state index >= 15 is 0 Å². The van der Waals surface area contributed by atoms with E-state index in [0.717, 1.165) is 30.6 Å². The van der Waals surface area contributed by atoms with Crippen molar-refractivity contribution in [2.24, 2.45) is 0 Å². The zero-order valence-electron chi connectivity index (χ0n) is 13.0. The number of benzene rings is 1. The van der Waals surface area contributed by atoms with E-state index in [1.165, 1.54) is 4.90 Å². The number of pyridine rings is 1. The molecule has 10 heteroatoms. The normalized spacial score (nSPS) is 16.9. The molecular weight excluding hydrogens is 358 g/mol. The maximum Gasteiger partial charge on any atom is 0.418 e. The molecule has 1 aromatic carbocycles. The summed E-state index contributed by atoms with van der Waals surface area (Å²) in [5, 5.41) is 10.9. The predicted octanol–water partition coefficient (Wildman–Crippen LogP) is 3.45. The predicted molar refractivity (Wildman–Crippen MR) is 82.1 cm³/mol. The molecule has 0 N–H and O–H groups in total. The van der Waals surface area contributed by atoms with Gasteiger partial charge in [-0.15, -0.1) is 0 Å². The average molecular weight is 369 g/mol. The van der Waals surface area contributed by atoms with Crippen molar-refractivity contribution < 1.29 is 27.3 Å². The average Bonchev–Trinajstić information content (AvgIpc) is 2.59. The standard InChI is InChI=1S/C16H11F4N3O3/c17-12-5-9-2-4-22(14-7-21-3-1-11(14)16(18,19)20)15(8-24)10(9)6-13(12)23(25)26/h1,3,5-8,15H,2,4H2. The zero-order chi connectivity index (χ0) is 19.1. The highest BCUT2D eigenvalue weighted by Gasteiger charge is 2.38. The molecule has 2 heterocycles. The number of alkyl halides is 3. The molecule has 1 aromatic heterocycles. The first-order valence-electron chi connectivity index (χ1n) is 7.44. The second-order valence-electron chi connectivity index (χ2n) is 5.67. The molecule has 0 amide bonds. The number of nitro benzene ring substituents is 1. The molecule has 2 aromatic rings. The van der Waals surface area contributed by atoms with Gasteiger partial charge in [0.1, 0.15) is 12.3 Å². The highest BCUT2D eigenvalue weighted by Crippen LogP contribution is 2.41. The molecule has 0 fully saturated rings. The van der Waals surface area contributed by atoms with Crippen molar-refractivity contribution in [1.82, 2.24) is 4.98 Å². The van der Waals surface area contributed by atoms with Crippen LogP contribution in [0, 0.1) is 15.9 Å². The quantitative estimate of drug-likeness (QED) is 0.358. The SMILES string of the molecule is O=CC1c2cc([N+](=O)[O-])c(F)cc2CCN1c1cnccc1C(F)(F)F. The highest BCUT2D eigenvalue weighted by atomic mass is 19.4. The summed E-state index contributed by atoms with van der Waals surface area (Å²) in [6.07, 6.45) is -2.18. The maximum atomic E-state index is 13.8. The van der Waals surface area contributed by atoms with Gasteiger partial charge in [-0.05, 0) is 29.7 Å². The molecule has 1 atom stereocenters. The second kappa shape index (κ2) is 6.36. The first-order valence-corrected chi connectivity index (χ1v) is 7.44. The fourth-order valence-electron chi connectivity index (χ4n) is 3.07. The van der Waals surface area contributed by atoms with E-state index in [2.05, 4.69) is 4.98 Å². The smallest absolute Gasteiger partial charge is 0.356 e. The van der Waals surface area contributed by atoms with Gasteiger partial charge in [-0.1, -0.05) is 0 Å². The number of rotatable bonds is 3. The Morgan fingerprint density at radius 2 is 2.08 bits per heavy atom. The molecule has 1 unspecified atom stereocenters. The Morgan fingerprint density at radius 3 is 2.69 bits per heavy atom. The van der Waals surface area contributed by atoms with Crippen LogP contribution in [0.4, 0.5) is 28.9 Å². The summed E-state index contributed by atoms with van der Waals surface area (Å²) in [5.74, 6) is -1.05. The van der Waals surface area contributed by atoms with Crippen molar-refractivity contribution in [3.8, 4) is 0 Å². The van der Waals surface area contributed by atoms with Crippen LogP contribution in [-0.4, -0.2) is 22.7 Å². The van der Waals surface area contributed by atoms with Gasteiger partial charge in [-0.2, -0.15) is 17.6 Å². The minimum Gasteiger partial charge on any atom is -0.356 e. The lowest BCUT2D eigenvalue weighted by atomic mass is 9.91. The van der Waals surface area contributed by atoms with Crippen LogP contribution < -0.4 is 4.90 Å². The largest absolute Gasteiger partial charge is 0.418 e. The van der Waals surface area contributed by atoms with Gasteiger partial charge in [0.25, 0.3) is 0 Å². The van der Waals surface area contributed by atoms with E-state index < -0.39 is 34.2 Å². The fourth-order valence-corrected chi connectivity index (χ4v) is 3.07. The van der Waals surface area contributed by atoms with Gasteiger partial charge in [-0.3, -0.25) is 15.1 Å². The summed E-state index contributed by atoms with van der Waals surface area (Å²) >= 11 is 0. The molecule has 0 saturated heterocycles. The summed E-state index contributed by atoms with van der Waals surface area (Å²) in [7, 11) is 0. The molecule has 136 valence electrons. The van der Waals surface area contributed by atoms with E-state index in [0.29, 0.717) is 11.8 Å². The van der Waals surface area contributed by atoms with Gasteiger partial charge in [-0.25, -0.2) is 0 Å². The third kappa shape index (κ3) is 2.98. The monoisotopic (exact) mass is 369 g/mol. The van der Waals surface area contributed by atoms with Crippen molar-refractivity contribution in [2.45, 2.75) is 18.6 Å². The zero-order valence-corrected chi connectivity index (χ0v) is 13.0. The number of anilines is 1. The highest BCUT2D eigenvalue weighted by molar-refractivity contribution is 5.73. The molecule has 0 spiro atoms. The van der Waals surface area contributed by atoms with Crippen LogP contribution in [0.25, 0.3) is 0 Å². The van der Waals surface area contributed by atoms with Crippen LogP contribution in [0.3, 0.4) is 0 Å². The first kappa shape index (κ1) is 17.8. The van der Waals surface area contributed by atoms with Gasteiger partial charge in [0.05, 0.1) is 22.4 Å². The summed E-state index contributed by atoms with van der Waals surface area (Å²) in [6, 6.07) is 1.43. The van der Waals surface area contributed by atoms with Crippen LogP contribution in [-0.2, 0) is 17.4 Å². The lowest BCUT2D eigenvalue weighted by molar-refractivity contribution is -0.387. The minimum absolute atomic E-state index is 0.00241. The fraction of sp³-hybridized carbons (Fsp3) is 0.250. The first-order chi connectivity index (χ1) is 12.2. The Kier molecular flexibility index (Phi) is 4.34. The molecule has 0 aliphatic carbocycles. The van der Waals surface area contributed by atoms with E-state index in [1.807, 2.05) is 0 Å². The Hall–Kier alpha value is -3.04. The number of nitrogens with zero attached hydrogens (tertiary/aromatic N) is 3. The molecule has 1 aliphatic heterocycles. The lowest BCUT2D eigenvalue weighted by Crippen LogP contribution is -2.37. The van der Waals surface area contributed by atoms with E-state index in [-0.39, 0.29) is 24.2 Å². The Morgan fingerprint density at radius 1 is 1.35 bits per heavy atom. The van der Waals surface area contributed by atoms with E-state index in [1.54, 1.807) is 0 Å². The summed E-state index contributed by atoms with van der Waals surface area (Å²) in [4.78, 5) is 26.5. The van der Waals surface area contributed by atoms with Crippen molar-refractivity contribution >= 4 is 17.7 Å². The lowest BCUT2D eigenvalue weighted by Gasteiger charge is -2.36. The molecule has 0 radical (unpaired) electrons. The minimum atomic E-state index is -4.67. The number of aldehydes is 1. The van der Waals surface area contributed by atoms with Crippen molar-refractivity contribution in [2.75, 3.05) is 11.4 Å². The number of nitro groups is 1. The molecule has 6 nitrogen and oxygen atoms in total. The van der Waals surface area contributed by atoms with Crippen LogP contribution in [0.1, 0.15) is 22.7 Å². The Labute approximate surface area is 144 Å².